The summed E-state index contributed by atoms with van der Waals surface area (Å²) in [7, 11) is 0. The van der Waals surface area contributed by atoms with Gasteiger partial charge in [0, 0.05) is 13.1 Å². The summed E-state index contributed by atoms with van der Waals surface area (Å²) in [5.74, 6) is -0.527. The van der Waals surface area contributed by atoms with Crippen molar-refractivity contribution >= 4 is 35.1 Å². The highest BCUT2D eigenvalue weighted by atomic mass is 35.5. The third-order valence-corrected chi connectivity index (χ3v) is 6.47. The Kier molecular flexibility index (Phi) is 7.88. The third-order valence-electron chi connectivity index (χ3n) is 5.73. The minimum Gasteiger partial charge on any atom is -0.466 e. The van der Waals surface area contributed by atoms with Gasteiger partial charge in [0.25, 0.3) is 5.91 Å². The molecule has 1 saturated heterocycles. The van der Waals surface area contributed by atoms with Crippen molar-refractivity contribution in [1.29, 1.82) is 0 Å². The molecule has 1 aromatic carbocycles. The third kappa shape index (κ3) is 4.96. The summed E-state index contributed by atoms with van der Waals surface area (Å²) in [6.07, 6.45) is 1.50. The molecule has 1 aliphatic heterocycles. The highest BCUT2D eigenvalue weighted by Crippen LogP contribution is 2.33. The quantitative estimate of drug-likeness (QED) is 0.488. The summed E-state index contributed by atoms with van der Waals surface area (Å²) in [5.41, 5.74) is 2.94. The van der Waals surface area contributed by atoms with Crippen LogP contribution in [0.2, 0.25) is 10.0 Å². The molecule has 0 unspecified atom stereocenters. The number of benzene rings is 1. The molecule has 0 bridgehead atoms. The second-order valence-corrected chi connectivity index (χ2v) is 9.62. The maximum atomic E-state index is 13.8. The standard InChI is InChI=1S/C24H31Cl2N3O3/c1-6-32-24(31)16-8-7-11-28(13-16)23(30)20-21(14(2)3)27-29(22(20)15(4)5)17-9-10-18(25)19(26)12-17/h9-10,12,14-16H,6-8,11,13H2,1-5H3/t16-/m1/s1. The molecule has 0 spiro atoms. The Labute approximate surface area is 199 Å². The van der Waals surface area contributed by atoms with Gasteiger partial charge < -0.3 is 9.64 Å². The fraction of sp³-hybridized carbons (Fsp3) is 0.542. The van der Waals surface area contributed by atoms with Crippen molar-refractivity contribution in [3.05, 3.63) is 45.2 Å². The predicted octanol–water partition coefficient (Wildman–Crippen LogP) is 5.84. The summed E-state index contributed by atoms with van der Waals surface area (Å²) in [4.78, 5) is 27.9. The number of hydrogen-bond acceptors (Lipinski definition) is 4. The van der Waals surface area contributed by atoms with Gasteiger partial charge in [0.05, 0.1) is 45.2 Å². The number of rotatable bonds is 6. The van der Waals surface area contributed by atoms with Gasteiger partial charge in [0.1, 0.15) is 0 Å². The van der Waals surface area contributed by atoms with Crippen LogP contribution in [0.4, 0.5) is 0 Å². The second kappa shape index (κ2) is 10.3. The number of carbonyl (C=O) groups is 2. The highest BCUT2D eigenvalue weighted by molar-refractivity contribution is 6.42. The lowest BCUT2D eigenvalue weighted by Crippen LogP contribution is -2.43. The molecule has 2 aromatic rings. The molecule has 1 aromatic heterocycles. The van der Waals surface area contributed by atoms with Crippen molar-refractivity contribution in [3.8, 4) is 5.69 Å². The Hall–Kier alpha value is -2.05. The molecule has 1 atom stereocenters. The lowest BCUT2D eigenvalue weighted by molar-refractivity contribution is -0.149. The van der Waals surface area contributed by atoms with E-state index in [1.54, 1.807) is 24.0 Å². The van der Waals surface area contributed by atoms with Crippen LogP contribution in [0.3, 0.4) is 0 Å². The fourth-order valence-electron chi connectivity index (χ4n) is 4.19. The normalized spacial score (nSPS) is 16.7. The summed E-state index contributed by atoms with van der Waals surface area (Å²) in [6.45, 7) is 11.3. The lowest BCUT2D eigenvalue weighted by Gasteiger charge is -2.32. The number of amides is 1. The number of carbonyl (C=O) groups excluding carboxylic acids is 2. The maximum absolute atomic E-state index is 13.8. The molecule has 174 valence electrons. The van der Waals surface area contributed by atoms with Crippen LogP contribution in [-0.2, 0) is 9.53 Å². The van der Waals surface area contributed by atoms with Gasteiger partial charge in [-0.3, -0.25) is 9.59 Å². The summed E-state index contributed by atoms with van der Waals surface area (Å²) >= 11 is 12.4. The summed E-state index contributed by atoms with van der Waals surface area (Å²) < 4.78 is 7.01. The zero-order valence-electron chi connectivity index (χ0n) is 19.3. The minimum atomic E-state index is -0.289. The van der Waals surface area contributed by atoms with Gasteiger partial charge in [0.2, 0.25) is 0 Å². The lowest BCUT2D eigenvalue weighted by atomic mass is 9.94. The first kappa shape index (κ1) is 24.6. The Balaban J connectivity index is 2.06. The highest BCUT2D eigenvalue weighted by Gasteiger charge is 2.35. The zero-order chi connectivity index (χ0) is 23.6. The number of likely N-dealkylation sites (tertiary alicyclic amines) is 1. The molecular formula is C24H31Cl2N3O3. The smallest absolute Gasteiger partial charge is 0.310 e. The van der Waals surface area contributed by atoms with E-state index >= 15 is 0 Å². The van der Waals surface area contributed by atoms with E-state index in [9.17, 15) is 9.59 Å². The van der Waals surface area contributed by atoms with Crippen molar-refractivity contribution in [2.45, 2.75) is 59.3 Å². The van der Waals surface area contributed by atoms with Crippen LogP contribution in [0.15, 0.2) is 18.2 Å². The summed E-state index contributed by atoms with van der Waals surface area (Å²) in [5, 5.41) is 5.74. The molecule has 6 nitrogen and oxygen atoms in total. The van der Waals surface area contributed by atoms with E-state index in [0.29, 0.717) is 35.3 Å². The SMILES string of the molecule is CCOC(=O)[C@@H]1CCCN(C(=O)c2c(C(C)C)nn(-c3ccc(Cl)c(Cl)c3)c2C(C)C)C1. The van der Waals surface area contributed by atoms with Crippen molar-refractivity contribution in [3.63, 3.8) is 0 Å². The van der Waals surface area contributed by atoms with Crippen LogP contribution in [0, 0.1) is 5.92 Å². The first-order chi connectivity index (χ1) is 15.1. The minimum absolute atomic E-state index is 0.0362. The van der Waals surface area contributed by atoms with Gasteiger partial charge in [-0.1, -0.05) is 50.9 Å². The van der Waals surface area contributed by atoms with Gasteiger partial charge in [-0.25, -0.2) is 4.68 Å². The van der Waals surface area contributed by atoms with Crippen LogP contribution in [-0.4, -0.2) is 46.3 Å². The van der Waals surface area contributed by atoms with E-state index < -0.39 is 0 Å². The number of halogens is 2. The number of aromatic nitrogens is 2. The largest absolute Gasteiger partial charge is 0.466 e. The Morgan fingerprint density at radius 1 is 1.16 bits per heavy atom. The number of nitrogens with zero attached hydrogens (tertiary/aromatic N) is 3. The van der Waals surface area contributed by atoms with E-state index in [4.69, 9.17) is 33.0 Å². The molecule has 1 fully saturated rings. The maximum Gasteiger partial charge on any atom is 0.310 e. The van der Waals surface area contributed by atoms with Crippen LogP contribution in [0.1, 0.15) is 81.0 Å². The van der Waals surface area contributed by atoms with Crippen molar-refractivity contribution in [2.24, 2.45) is 5.92 Å². The molecule has 2 heterocycles. The molecule has 0 saturated carbocycles. The van der Waals surface area contributed by atoms with Crippen molar-refractivity contribution in [2.75, 3.05) is 19.7 Å². The molecule has 0 aliphatic carbocycles. The first-order valence-electron chi connectivity index (χ1n) is 11.2. The number of piperidine rings is 1. The predicted molar refractivity (Wildman–Crippen MR) is 127 cm³/mol. The van der Waals surface area contributed by atoms with E-state index in [0.717, 1.165) is 29.9 Å². The van der Waals surface area contributed by atoms with E-state index in [-0.39, 0.29) is 29.6 Å². The molecule has 0 radical (unpaired) electrons. The second-order valence-electron chi connectivity index (χ2n) is 8.81. The van der Waals surface area contributed by atoms with Gasteiger partial charge in [-0.05, 0) is 49.8 Å². The molecule has 8 heteroatoms. The van der Waals surface area contributed by atoms with Gasteiger partial charge in [-0.2, -0.15) is 5.10 Å². The Bertz CT molecular complexity index is 1000. The monoisotopic (exact) mass is 479 g/mol. The molecule has 0 N–H and O–H groups in total. The van der Waals surface area contributed by atoms with Gasteiger partial charge >= 0.3 is 5.97 Å². The Morgan fingerprint density at radius 3 is 2.47 bits per heavy atom. The molecular weight excluding hydrogens is 449 g/mol. The molecule has 3 rings (SSSR count). The van der Waals surface area contributed by atoms with E-state index in [1.165, 1.54) is 0 Å². The zero-order valence-corrected chi connectivity index (χ0v) is 20.8. The number of hydrogen-bond donors (Lipinski definition) is 0. The fourth-order valence-corrected chi connectivity index (χ4v) is 4.48. The van der Waals surface area contributed by atoms with Gasteiger partial charge in [-0.15, -0.1) is 0 Å². The topological polar surface area (TPSA) is 64.4 Å². The molecule has 1 amide bonds. The van der Waals surface area contributed by atoms with Gasteiger partial charge in [0.15, 0.2) is 0 Å². The van der Waals surface area contributed by atoms with Crippen molar-refractivity contribution < 1.29 is 14.3 Å². The first-order valence-corrected chi connectivity index (χ1v) is 11.9. The molecule has 1 aliphatic rings. The van der Waals surface area contributed by atoms with Crippen LogP contribution in [0.25, 0.3) is 5.69 Å². The van der Waals surface area contributed by atoms with Crippen LogP contribution < -0.4 is 0 Å². The molecule has 32 heavy (non-hydrogen) atoms. The van der Waals surface area contributed by atoms with E-state index in [1.807, 2.05) is 38.4 Å². The Morgan fingerprint density at radius 2 is 1.88 bits per heavy atom. The number of esters is 1. The average Bonchev–Trinajstić information content (AvgIpc) is 3.16. The van der Waals surface area contributed by atoms with Crippen molar-refractivity contribution in [1.82, 2.24) is 14.7 Å². The number of ether oxygens (including phenoxy) is 1. The van der Waals surface area contributed by atoms with Crippen LogP contribution in [0.5, 0.6) is 0 Å². The van der Waals surface area contributed by atoms with E-state index in [2.05, 4.69) is 0 Å². The van der Waals surface area contributed by atoms with Crippen LogP contribution >= 0.6 is 23.2 Å². The summed E-state index contributed by atoms with van der Waals surface area (Å²) in [6, 6.07) is 5.35. The average molecular weight is 480 g/mol.